The number of nitrogens with zero attached hydrogens (tertiary/aromatic N) is 3. The molecule has 0 aliphatic carbocycles. The van der Waals surface area contributed by atoms with Gasteiger partial charge in [0, 0.05) is 31.0 Å². The molecule has 0 saturated carbocycles. The molecule has 2 amide bonds. The molecule has 2 aromatic carbocycles. The van der Waals surface area contributed by atoms with Crippen LogP contribution in [0.4, 0.5) is 5.95 Å². The molecule has 3 heterocycles. The van der Waals surface area contributed by atoms with Gasteiger partial charge in [-0.3, -0.25) is 19.5 Å². The Morgan fingerprint density at radius 1 is 1.08 bits per heavy atom. The largest absolute Gasteiger partial charge is 0.493 e. The Kier molecular flexibility index (Phi) is 7.93. The lowest BCUT2D eigenvalue weighted by atomic mass is 10.2. The molecule has 5 rings (SSSR count). The number of benzene rings is 2. The highest BCUT2D eigenvalue weighted by molar-refractivity contribution is 5.97. The van der Waals surface area contributed by atoms with Crippen LogP contribution in [0.3, 0.4) is 0 Å². The maximum atomic E-state index is 13.3. The van der Waals surface area contributed by atoms with Crippen LogP contribution in [0.1, 0.15) is 23.4 Å². The van der Waals surface area contributed by atoms with E-state index in [1.54, 1.807) is 43.1 Å². The van der Waals surface area contributed by atoms with Crippen LogP contribution < -0.4 is 14.8 Å². The maximum Gasteiger partial charge on any atom is 0.290 e. The fraction of sp³-hybridized carbons (Fsp3) is 0.276. The Balaban J connectivity index is 1.43. The van der Waals surface area contributed by atoms with E-state index >= 15 is 0 Å². The quantitative estimate of drug-likeness (QED) is 0.324. The minimum Gasteiger partial charge on any atom is -0.493 e. The number of furan rings is 1. The molecule has 0 bridgehead atoms. The van der Waals surface area contributed by atoms with Gasteiger partial charge in [0.1, 0.15) is 6.54 Å². The van der Waals surface area contributed by atoms with Gasteiger partial charge >= 0.3 is 0 Å². The van der Waals surface area contributed by atoms with Crippen molar-refractivity contribution in [3.05, 3.63) is 78.9 Å². The van der Waals surface area contributed by atoms with E-state index in [0.717, 1.165) is 18.4 Å². The van der Waals surface area contributed by atoms with E-state index < -0.39 is 5.91 Å². The van der Waals surface area contributed by atoms with Gasteiger partial charge in [-0.1, -0.05) is 30.3 Å². The first-order valence-corrected chi connectivity index (χ1v) is 12.7. The zero-order valence-corrected chi connectivity index (χ0v) is 21.8. The number of anilines is 1. The monoisotopic (exact) mass is 530 g/mol. The predicted octanol–water partition coefficient (Wildman–Crippen LogP) is 4.41. The predicted molar refractivity (Wildman–Crippen MR) is 144 cm³/mol. The lowest BCUT2D eigenvalue weighted by Crippen LogP contribution is -2.42. The molecule has 2 aromatic heterocycles. The van der Waals surface area contributed by atoms with Gasteiger partial charge < -0.3 is 23.5 Å². The highest BCUT2D eigenvalue weighted by Gasteiger charge is 2.27. The van der Waals surface area contributed by atoms with Gasteiger partial charge in [-0.2, -0.15) is 0 Å². The van der Waals surface area contributed by atoms with Crippen molar-refractivity contribution in [2.24, 2.45) is 0 Å². The average molecular weight is 531 g/mol. The first-order chi connectivity index (χ1) is 19.1. The fourth-order valence-electron chi connectivity index (χ4n) is 4.54. The zero-order valence-electron chi connectivity index (χ0n) is 21.8. The first kappa shape index (κ1) is 26.1. The van der Waals surface area contributed by atoms with E-state index in [4.69, 9.17) is 23.6 Å². The number of carbonyl (C=O) groups excluding carboxylic acids is 2. The topological polar surface area (TPSA) is 108 Å². The number of carbonyl (C=O) groups is 2. The summed E-state index contributed by atoms with van der Waals surface area (Å²) in [6, 6.07) is 18.3. The summed E-state index contributed by atoms with van der Waals surface area (Å²) in [6.45, 7) is 0.732. The molecule has 10 heteroatoms. The molecule has 4 aromatic rings. The van der Waals surface area contributed by atoms with Crippen LogP contribution in [0.5, 0.6) is 11.5 Å². The van der Waals surface area contributed by atoms with Gasteiger partial charge in [0.25, 0.3) is 5.91 Å². The number of aromatic nitrogens is 2. The van der Waals surface area contributed by atoms with Crippen molar-refractivity contribution in [2.75, 3.05) is 39.2 Å². The molecule has 1 fully saturated rings. The first-order valence-electron chi connectivity index (χ1n) is 12.7. The summed E-state index contributed by atoms with van der Waals surface area (Å²) in [5, 5.41) is 2.90. The second-order valence-electron chi connectivity index (χ2n) is 9.07. The highest BCUT2D eigenvalue weighted by atomic mass is 16.5. The molecule has 1 N–H and O–H groups in total. The molecule has 0 unspecified atom stereocenters. The number of imidazole rings is 1. The molecular formula is C29H30N4O6. The van der Waals surface area contributed by atoms with Gasteiger partial charge in [-0.25, -0.2) is 4.98 Å². The Morgan fingerprint density at radius 2 is 1.90 bits per heavy atom. The van der Waals surface area contributed by atoms with E-state index in [2.05, 4.69) is 5.32 Å². The van der Waals surface area contributed by atoms with E-state index in [-0.39, 0.29) is 30.9 Å². The molecule has 0 radical (unpaired) electrons. The van der Waals surface area contributed by atoms with Crippen molar-refractivity contribution in [3.8, 4) is 28.4 Å². The van der Waals surface area contributed by atoms with Crippen LogP contribution in [-0.2, 0) is 9.53 Å². The molecule has 1 aliphatic heterocycles. The Bertz CT molecular complexity index is 1410. The number of nitrogens with one attached hydrogen (secondary N) is 1. The van der Waals surface area contributed by atoms with Crippen LogP contribution in [-0.4, -0.2) is 66.3 Å². The Morgan fingerprint density at radius 3 is 2.59 bits per heavy atom. The molecule has 39 heavy (non-hydrogen) atoms. The minimum absolute atomic E-state index is 0.129. The molecule has 0 spiro atoms. The van der Waals surface area contributed by atoms with Crippen molar-refractivity contribution < 1.29 is 28.2 Å². The van der Waals surface area contributed by atoms with Crippen LogP contribution >= 0.6 is 0 Å². The van der Waals surface area contributed by atoms with E-state index in [1.165, 1.54) is 11.2 Å². The average Bonchev–Trinajstić information content (AvgIpc) is 3.75. The van der Waals surface area contributed by atoms with Crippen molar-refractivity contribution in [1.82, 2.24) is 14.5 Å². The highest BCUT2D eigenvalue weighted by Crippen LogP contribution is 2.32. The molecule has 1 aliphatic rings. The summed E-state index contributed by atoms with van der Waals surface area (Å²) >= 11 is 0. The maximum absolute atomic E-state index is 13.3. The smallest absolute Gasteiger partial charge is 0.290 e. The lowest BCUT2D eigenvalue weighted by molar-refractivity contribution is -0.117. The zero-order chi connectivity index (χ0) is 27.2. The second kappa shape index (κ2) is 11.9. The fourth-order valence-corrected chi connectivity index (χ4v) is 4.54. The normalized spacial score (nSPS) is 14.7. The van der Waals surface area contributed by atoms with Gasteiger partial charge in [0.2, 0.25) is 11.9 Å². The Labute approximate surface area is 226 Å². The molecule has 1 atom stereocenters. The number of hydrogen-bond acceptors (Lipinski definition) is 7. The van der Waals surface area contributed by atoms with Crippen molar-refractivity contribution >= 4 is 17.8 Å². The number of rotatable bonds is 10. The lowest BCUT2D eigenvalue weighted by Gasteiger charge is -2.24. The van der Waals surface area contributed by atoms with E-state index in [9.17, 15) is 9.59 Å². The number of methoxy groups -OCH3 is 2. The summed E-state index contributed by atoms with van der Waals surface area (Å²) in [6.07, 6.45) is 4.89. The van der Waals surface area contributed by atoms with Crippen LogP contribution in [0.15, 0.2) is 77.5 Å². The van der Waals surface area contributed by atoms with Gasteiger partial charge in [0.05, 0.1) is 38.0 Å². The number of hydrogen-bond donors (Lipinski definition) is 1. The third kappa shape index (κ3) is 5.96. The summed E-state index contributed by atoms with van der Waals surface area (Å²) in [5.74, 6) is 0.803. The van der Waals surface area contributed by atoms with Crippen molar-refractivity contribution in [2.45, 2.75) is 18.9 Å². The third-order valence-corrected chi connectivity index (χ3v) is 6.47. The molecular weight excluding hydrogens is 500 g/mol. The summed E-state index contributed by atoms with van der Waals surface area (Å²) in [4.78, 5) is 32.7. The van der Waals surface area contributed by atoms with E-state index in [1.807, 2.05) is 42.6 Å². The van der Waals surface area contributed by atoms with Crippen LogP contribution in [0.2, 0.25) is 0 Å². The summed E-state index contributed by atoms with van der Waals surface area (Å²) in [7, 11) is 3.13. The van der Waals surface area contributed by atoms with Gasteiger partial charge in [-0.05, 0) is 37.1 Å². The molecule has 10 nitrogen and oxygen atoms in total. The second-order valence-corrected chi connectivity index (χ2v) is 9.07. The Hall–Kier alpha value is -4.57. The summed E-state index contributed by atoms with van der Waals surface area (Å²) < 4.78 is 23.6. The van der Waals surface area contributed by atoms with Crippen molar-refractivity contribution in [3.63, 3.8) is 0 Å². The molecule has 202 valence electrons. The number of amides is 2. The standard InChI is InChI=1S/C29H30N4O6/c1-36-24-13-12-21(16-26(24)37-2)33-18-23(20-8-4-3-5-9-20)30-29(33)31-27(34)19-32(17-22-10-6-14-38-22)28(35)25-11-7-15-39-25/h3-5,7-9,11-13,15-16,18,22H,6,10,14,17,19H2,1-2H3,(H,30,31,34)/t22-/m0/s1. The van der Waals surface area contributed by atoms with Gasteiger partial charge in [-0.15, -0.1) is 0 Å². The number of ether oxygens (including phenoxy) is 3. The van der Waals surface area contributed by atoms with E-state index in [0.29, 0.717) is 35.4 Å². The van der Waals surface area contributed by atoms with Crippen LogP contribution in [0, 0.1) is 0 Å². The summed E-state index contributed by atoms with van der Waals surface area (Å²) in [5.41, 5.74) is 2.27. The SMILES string of the molecule is COc1ccc(-n2cc(-c3ccccc3)nc2NC(=O)CN(C[C@@H]2CCCO2)C(=O)c2ccco2)cc1OC. The minimum atomic E-state index is -0.403. The van der Waals surface area contributed by atoms with Crippen LogP contribution in [0.25, 0.3) is 16.9 Å². The third-order valence-electron chi connectivity index (χ3n) is 6.47. The molecule has 1 saturated heterocycles. The van der Waals surface area contributed by atoms with Crippen molar-refractivity contribution in [1.29, 1.82) is 0 Å². The van der Waals surface area contributed by atoms with Gasteiger partial charge in [0.15, 0.2) is 17.3 Å².